The van der Waals surface area contributed by atoms with Crippen molar-refractivity contribution in [2.75, 3.05) is 27.2 Å². The molecule has 0 radical (unpaired) electrons. The van der Waals surface area contributed by atoms with Gasteiger partial charge in [0.2, 0.25) is 0 Å². The van der Waals surface area contributed by atoms with Crippen LogP contribution in [0.5, 0.6) is 0 Å². The zero-order valence-corrected chi connectivity index (χ0v) is 14.7. The molecule has 1 N–H and O–H groups in total. The molecule has 5 nitrogen and oxygen atoms in total. The molecule has 23 heavy (non-hydrogen) atoms. The minimum absolute atomic E-state index is 0.0463. The normalized spacial score (nSPS) is 27.1. The maximum absolute atomic E-state index is 9.41. The summed E-state index contributed by atoms with van der Waals surface area (Å²) in [7, 11) is 3.75. The van der Waals surface area contributed by atoms with Gasteiger partial charge in [0.25, 0.3) is 0 Å². The summed E-state index contributed by atoms with van der Waals surface area (Å²) in [5, 5.41) is 27.4. The molecule has 0 spiro atoms. The van der Waals surface area contributed by atoms with Gasteiger partial charge in [-0.3, -0.25) is 10.3 Å². The molecule has 2 aliphatic rings. The fraction of sp³-hybridized carbons (Fsp3) is 0.722. The summed E-state index contributed by atoms with van der Waals surface area (Å²) in [4.78, 5) is 4.29. The molecule has 2 atom stereocenters. The van der Waals surface area contributed by atoms with Crippen molar-refractivity contribution in [3.63, 3.8) is 0 Å². The minimum Gasteiger partial charge on any atom is -0.366 e. The Bertz CT molecular complexity index is 566. The molecule has 0 bridgehead atoms. The fourth-order valence-corrected chi connectivity index (χ4v) is 4.07. The highest BCUT2D eigenvalue weighted by atomic mass is 15.2. The smallest absolute Gasteiger partial charge is 0.129 e. The van der Waals surface area contributed by atoms with Crippen LogP contribution in [0.1, 0.15) is 39.5 Å². The number of nitriles is 2. The first-order valence-corrected chi connectivity index (χ1v) is 8.34. The van der Waals surface area contributed by atoms with E-state index in [-0.39, 0.29) is 22.9 Å². The predicted molar refractivity (Wildman–Crippen MR) is 90.8 cm³/mol. The molecule has 0 aromatic heterocycles. The van der Waals surface area contributed by atoms with Crippen LogP contribution in [-0.2, 0) is 0 Å². The van der Waals surface area contributed by atoms with Gasteiger partial charge < -0.3 is 4.90 Å². The van der Waals surface area contributed by atoms with E-state index >= 15 is 0 Å². The molecule has 124 valence electrons. The second kappa shape index (κ2) is 6.72. The van der Waals surface area contributed by atoms with E-state index in [1.807, 2.05) is 19.0 Å². The monoisotopic (exact) mass is 313 g/mol. The molecule has 2 unspecified atom stereocenters. The van der Waals surface area contributed by atoms with Crippen LogP contribution in [0.25, 0.3) is 0 Å². The van der Waals surface area contributed by atoms with Crippen molar-refractivity contribution in [1.82, 2.24) is 9.80 Å². The standard InChI is InChI=1S/C18H27N5/c1-18(2)9-14(13(11-19)12-20)16(17(21)22(3)4)15(10-18)23-7-5-6-8-23/h15-16,21H,5-10H2,1-4H3. The Morgan fingerprint density at radius 3 is 2.26 bits per heavy atom. The zero-order valence-electron chi connectivity index (χ0n) is 14.7. The third kappa shape index (κ3) is 3.57. The van der Waals surface area contributed by atoms with E-state index in [4.69, 9.17) is 5.41 Å². The first-order chi connectivity index (χ1) is 10.8. The molecule has 0 aromatic carbocycles. The highest BCUT2D eigenvalue weighted by Crippen LogP contribution is 2.46. The van der Waals surface area contributed by atoms with Crippen molar-refractivity contribution in [2.24, 2.45) is 11.3 Å². The van der Waals surface area contributed by atoms with E-state index in [0.717, 1.165) is 25.1 Å². The molecule has 1 heterocycles. The second-order valence-corrected chi connectivity index (χ2v) is 7.74. The summed E-state index contributed by atoms with van der Waals surface area (Å²) < 4.78 is 0. The Kier molecular flexibility index (Phi) is 5.12. The average molecular weight is 313 g/mol. The Hall–Kier alpha value is -1.85. The predicted octanol–water partition coefficient (Wildman–Crippen LogP) is 2.77. The third-order valence-corrected chi connectivity index (χ3v) is 5.12. The summed E-state index contributed by atoms with van der Waals surface area (Å²) in [5.74, 6) is 0.362. The molecule has 1 saturated carbocycles. The number of amidine groups is 1. The van der Waals surface area contributed by atoms with E-state index in [1.165, 1.54) is 12.8 Å². The lowest BCUT2D eigenvalue weighted by Gasteiger charge is -2.47. The van der Waals surface area contributed by atoms with Gasteiger partial charge in [0.1, 0.15) is 23.5 Å². The summed E-state index contributed by atoms with van der Waals surface area (Å²) >= 11 is 0. The van der Waals surface area contributed by atoms with Gasteiger partial charge >= 0.3 is 0 Å². The Balaban J connectivity index is 2.53. The highest BCUT2D eigenvalue weighted by Gasteiger charge is 2.45. The van der Waals surface area contributed by atoms with Gasteiger partial charge in [-0.1, -0.05) is 13.8 Å². The third-order valence-electron chi connectivity index (χ3n) is 5.12. The van der Waals surface area contributed by atoms with Crippen LogP contribution in [0, 0.1) is 39.4 Å². The van der Waals surface area contributed by atoms with Crippen LogP contribution in [-0.4, -0.2) is 48.9 Å². The Morgan fingerprint density at radius 2 is 1.78 bits per heavy atom. The molecule has 1 aliphatic heterocycles. The number of allylic oxidation sites excluding steroid dienone is 1. The van der Waals surface area contributed by atoms with Crippen LogP contribution in [0.3, 0.4) is 0 Å². The maximum atomic E-state index is 9.41. The number of nitrogens with zero attached hydrogens (tertiary/aromatic N) is 4. The van der Waals surface area contributed by atoms with Crippen molar-refractivity contribution >= 4 is 5.84 Å². The Morgan fingerprint density at radius 1 is 1.22 bits per heavy atom. The zero-order chi connectivity index (χ0) is 17.2. The van der Waals surface area contributed by atoms with Gasteiger partial charge in [-0.25, -0.2) is 0 Å². The van der Waals surface area contributed by atoms with Crippen LogP contribution >= 0.6 is 0 Å². The molecular formula is C18H27N5. The van der Waals surface area contributed by atoms with Crippen molar-refractivity contribution < 1.29 is 0 Å². The number of nitrogens with one attached hydrogen (secondary N) is 1. The molecule has 1 saturated heterocycles. The summed E-state index contributed by atoms with van der Waals surface area (Å²) in [5.41, 5.74) is 1.12. The number of hydrogen-bond donors (Lipinski definition) is 1. The highest BCUT2D eigenvalue weighted by molar-refractivity contribution is 5.85. The van der Waals surface area contributed by atoms with Gasteiger partial charge in [-0.05, 0) is 49.8 Å². The van der Waals surface area contributed by atoms with Crippen molar-refractivity contribution in [2.45, 2.75) is 45.6 Å². The van der Waals surface area contributed by atoms with Crippen molar-refractivity contribution in [3.05, 3.63) is 11.1 Å². The average Bonchev–Trinajstić information content (AvgIpc) is 3.00. The second-order valence-electron chi connectivity index (χ2n) is 7.74. The van der Waals surface area contributed by atoms with Crippen molar-refractivity contribution in [3.8, 4) is 12.1 Å². The topological polar surface area (TPSA) is 77.9 Å². The molecular weight excluding hydrogens is 286 g/mol. The molecule has 0 amide bonds. The van der Waals surface area contributed by atoms with E-state index in [0.29, 0.717) is 12.3 Å². The Labute approximate surface area is 139 Å². The van der Waals surface area contributed by atoms with Crippen molar-refractivity contribution in [1.29, 1.82) is 15.9 Å². The molecule has 0 aromatic rings. The van der Waals surface area contributed by atoms with Gasteiger partial charge in [0.15, 0.2) is 0 Å². The number of rotatable bonds is 2. The summed E-state index contributed by atoms with van der Waals surface area (Å²) in [6.45, 7) is 6.52. The van der Waals surface area contributed by atoms with Gasteiger partial charge in [-0.15, -0.1) is 0 Å². The van der Waals surface area contributed by atoms with Crippen LogP contribution < -0.4 is 0 Å². The maximum Gasteiger partial charge on any atom is 0.129 e. The first kappa shape index (κ1) is 17.5. The fourth-order valence-electron chi connectivity index (χ4n) is 4.07. The lowest BCUT2D eigenvalue weighted by molar-refractivity contribution is 0.116. The summed E-state index contributed by atoms with van der Waals surface area (Å²) in [6.07, 6.45) is 4.11. The first-order valence-electron chi connectivity index (χ1n) is 8.34. The van der Waals surface area contributed by atoms with Gasteiger partial charge in [0, 0.05) is 20.1 Å². The molecule has 2 rings (SSSR count). The van der Waals surface area contributed by atoms with E-state index in [9.17, 15) is 10.5 Å². The molecule has 1 aliphatic carbocycles. The SMILES string of the molecule is CN(C)C(=N)C1C(=C(C#N)C#N)CC(C)(C)CC1N1CCCC1. The lowest BCUT2D eigenvalue weighted by atomic mass is 9.65. The van der Waals surface area contributed by atoms with E-state index < -0.39 is 0 Å². The van der Waals surface area contributed by atoms with Crippen LogP contribution in [0.4, 0.5) is 0 Å². The lowest BCUT2D eigenvalue weighted by Crippen LogP contribution is -2.51. The minimum atomic E-state index is -0.148. The van der Waals surface area contributed by atoms with Gasteiger partial charge in [0.05, 0.1) is 5.92 Å². The quantitative estimate of drug-likeness (QED) is 0.483. The van der Waals surface area contributed by atoms with E-state index in [1.54, 1.807) is 0 Å². The molecule has 2 fully saturated rings. The van der Waals surface area contributed by atoms with Crippen LogP contribution in [0.15, 0.2) is 11.1 Å². The van der Waals surface area contributed by atoms with E-state index in [2.05, 4.69) is 30.9 Å². The number of likely N-dealkylation sites (tertiary alicyclic amines) is 1. The number of hydrogen-bond acceptors (Lipinski definition) is 4. The van der Waals surface area contributed by atoms with Crippen LogP contribution in [0.2, 0.25) is 0 Å². The summed E-state index contributed by atoms with van der Waals surface area (Å²) in [6, 6.07) is 4.37. The van der Waals surface area contributed by atoms with Gasteiger partial charge in [-0.2, -0.15) is 10.5 Å². The largest absolute Gasteiger partial charge is 0.366 e. The molecule has 5 heteroatoms.